The van der Waals surface area contributed by atoms with Crippen LogP contribution in [0, 0.1) is 0 Å². The lowest BCUT2D eigenvalue weighted by atomic mass is 9.96. The van der Waals surface area contributed by atoms with Gasteiger partial charge in [-0.05, 0) is 35.4 Å². The Morgan fingerprint density at radius 3 is 1.96 bits per heavy atom. The molecule has 0 saturated carbocycles. The Labute approximate surface area is 173 Å². The molecule has 0 aromatic heterocycles. The molecule has 1 aliphatic rings. The number of nitrogen functional groups attached to an aromatic ring is 2. The molecule has 2 nitrogen and oxygen atoms in total. The normalized spacial score (nSPS) is 12.3. The third-order valence-electron chi connectivity index (χ3n) is 4.83. The van der Waals surface area contributed by atoms with E-state index in [0.717, 1.165) is 33.6 Å². The van der Waals surface area contributed by atoms with E-state index in [1.165, 1.54) is 19.6 Å². The van der Waals surface area contributed by atoms with E-state index in [9.17, 15) is 0 Å². The van der Waals surface area contributed by atoms with Crippen molar-refractivity contribution in [3.63, 3.8) is 0 Å². The Kier molecular flexibility index (Phi) is 4.30. The first-order valence-electron chi connectivity index (χ1n) is 9.03. The summed E-state index contributed by atoms with van der Waals surface area (Å²) < 4.78 is 0. The quantitative estimate of drug-likeness (QED) is 0.321. The highest BCUT2D eigenvalue weighted by Crippen LogP contribution is 2.55. The number of fused-ring (bicyclic) bond motifs is 2. The molecule has 136 valence electrons. The standard InChI is InChI=1S/C24H18N2S2/c25-17-11-12-19-20(13-17)27-21-14-18(15-7-3-1-4-8-15)23(26)22(24(21)28-19)16-9-5-2-6-10-16/h1-14H,25-26H2. The van der Waals surface area contributed by atoms with Gasteiger partial charge in [-0.1, -0.05) is 84.2 Å². The first-order chi connectivity index (χ1) is 13.7. The first-order valence-corrected chi connectivity index (χ1v) is 10.7. The smallest absolute Gasteiger partial charge is 0.0485 e. The molecule has 0 atom stereocenters. The molecule has 0 saturated heterocycles. The number of nitrogens with two attached hydrogens (primary N) is 2. The van der Waals surface area contributed by atoms with E-state index in [4.69, 9.17) is 11.5 Å². The maximum Gasteiger partial charge on any atom is 0.0485 e. The molecule has 0 fully saturated rings. The minimum absolute atomic E-state index is 0.789. The van der Waals surface area contributed by atoms with E-state index < -0.39 is 0 Å². The van der Waals surface area contributed by atoms with Gasteiger partial charge in [0.05, 0.1) is 0 Å². The van der Waals surface area contributed by atoms with Gasteiger partial charge in [0.15, 0.2) is 0 Å². The number of benzene rings is 4. The van der Waals surface area contributed by atoms with Gasteiger partial charge in [0.1, 0.15) is 0 Å². The Morgan fingerprint density at radius 2 is 1.25 bits per heavy atom. The summed E-state index contributed by atoms with van der Waals surface area (Å²) in [4.78, 5) is 4.84. The molecule has 4 N–H and O–H groups in total. The second kappa shape index (κ2) is 6.97. The Balaban J connectivity index is 1.77. The maximum atomic E-state index is 6.77. The lowest BCUT2D eigenvalue weighted by molar-refractivity contribution is 1.16. The fourth-order valence-corrected chi connectivity index (χ4v) is 5.97. The molecule has 4 aromatic rings. The number of anilines is 2. The minimum atomic E-state index is 0.789. The lowest BCUT2D eigenvalue weighted by Gasteiger charge is -2.25. The molecular formula is C24H18N2S2. The average Bonchev–Trinajstić information content (AvgIpc) is 2.73. The molecule has 0 amide bonds. The third-order valence-corrected chi connectivity index (χ3v) is 7.39. The van der Waals surface area contributed by atoms with Gasteiger partial charge >= 0.3 is 0 Å². The Morgan fingerprint density at radius 1 is 0.571 bits per heavy atom. The molecule has 1 heterocycles. The van der Waals surface area contributed by atoms with E-state index in [2.05, 4.69) is 54.6 Å². The average molecular weight is 399 g/mol. The molecule has 0 bridgehead atoms. The summed E-state index contributed by atoms with van der Waals surface area (Å²) in [6.45, 7) is 0. The maximum absolute atomic E-state index is 6.77. The molecule has 0 aliphatic carbocycles. The molecule has 1 aliphatic heterocycles. The molecule has 28 heavy (non-hydrogen) atoms. The van der Waals surface area contributed by atoms with E-state index in [1.54, 1.807) is 23.5 Å². The second-order valence-electron chi connectivity index (χ2n) is 6.68. The van der Waals surface area contributed by atoms with Crippen LogP contribution in [0.1, 0.15) is 0 Å². The van der Waals surface area contributed by atoms with Crippen LogP contribution in [-0.2, 0) is 0 Å². The van der Waals surface area contributed by atoms with Crippen molar-refractivity contribution in [3.05, 3.63) is 84.9 Å². The van der Waals surface area contributed by atoms with E-state index in [1.807, 2.05) is 30.3 Å². The Hall–Kier alpha value is -2.82. The molecule has 4 aromatic carbocycles. The zero-order valence-corrected chi connectivity index (χ0v) is 16.7. The summed E-state index contributed by atoms with van der Waals surface area (Å²) in [5.74, 6) is 0. The molecule has 0 spiro atoms. The second-order valence-corrected chi connectivity index (χ2v) is 8.82. The molecule has 0 radical (unpaired) electrons. The summed E-state index contributed by atoms with van der Waals surface area (Å²) in [6, 6.07) is 29.1. The molecular weight excluding hydrogens is 380 g/mol. The summed E-state index contributed by atoms with van der Waals surface area (Å²) in [5.41, 5.74) is 18.9. The minimum Gasteiger partial charge on any atom is -0.399 e. The number of hydrogen-bond donors (Lipinski definition) is 2. The predicted molar refractivity (Wildman–Crippen MR) is 121 cm³/mol. The predicted octanol–water partition coefficient (Wildman–Crippen LogP) is 6.80. The fraction of sp³-hybridized carbons (Fsp3) is 0. The van der Waals surface area contributed by atoms with Crippen LogP contribution < -0.4 is 11.5 Å². The molecule has 5 rings (SSSR count). The van der Waals surface area contributed by atoms with Crippen molar-refractivity contribution in [2.24, 2.45) is 0 Å². The van der Waals surface area contributed by atoms with Crippen LogP contribution >= 0.6 is 23.5 Å². The van der Waals surface area contributed by atoms with Crippen molar-refractivity contribution >= 4 is 34.9 Å². The van der Waals surface area contributed by atoms with E-state index in [-0.39, 0.29) is 0 Å². The third kappa shape index (κ3) is 2.95. The van der Waals surface area contributed by atoms with Crippen molar-refractivity contribution < 1.29 is 0 Å². The van der Waals surface area contributed by atoms with Gasteiger partial charge in [0.2, 0.25) is 0 Å². The number of hydrogen-bond acceptors (Lipinski definition) is 4. The first kappa shape index (κ1) is 17.3. The largest absolute Gasteiger partial charge is 0.399 e. The SMILES string of the molecule is Nc1ccc2c(c1)Sc1cc(-c3ccccc3)c(N)c(-c3ccccc3)c1S2. The van der Waals surface area contributed by atoms with Crippen molar-refractivity contribution in [2.75, 3.05) is 11.5 Å². The summed E-state index contributed by atoms with van der Waals surface area (Å²) in [7, 11) is 0. The highest BCUT2D eigenvalue weighted by Gasteiger charge is 2.25. The van der Waals surface area contributed by atoms with Crippen LogP contribution in [0.3, 0.4) is 0 Å². The van der Waals surface area contributed by atoms with Crippen LogP contribution in [0.15, 0.2) is 105 Å². The van der Waals surface area contributed by atoms with Crippen LogP contribution in [0.4, 0.5) is 11.4 Å². The Bertz CT molecular complexity index is 1170. The van der Waals surface area contributed by atoms with Gasteiger partial charge in [-0.25, -0.2) is 0 Å². The summed E-state index contributed by atoms with van der Waals surface area (Å²) in [5, 5.41) is 0. The zero-order chi connectivity index (χ0) is 19.1. The van der Waals surface area contributed by atoms with Gasteiger partial charge in [-0.15, -0.1) is 0 Å². The topological polar surface area (TPSA) is 52.0 Å². The van der Waals surface area contributed by atoms with Gasteiger partial charge in [0, 0.05) is 42.1 Å². The van der Waals surface area contributed by atoms with Gasteiger partial charge in [-0.2, -0.15) is 0 Å². The van der Waals surface area contributed by atoms with E-state index in [0.29, 0.717) is 0 Å². The van der Waals surface area contributed by atoms with E-state index >= 15 is 0 Å². The number of rotatable bonds is 2. The highest BCUT2D eigenvalue weighted by molar-refractivity contribution is 8.05. The van der Waals surface area contributed by atoms with Crippen LogP contribution in [-0.4, -0.2) is 0 Å². The van der Waals surface area contributed by atoms with Crippen molar-refractivity contribution in [3.8, 4) is 22.3 Å². The fourth-order valence-electron chi connectivity index (χ4n) is 3.50. The zero-order valence-electron chi connectivity index (χ0n) is 15.1. The lowest BCUT2D eigenvalue weighted by Crippen LogP contribution is -2.01. The van der Waals surface area contributed by atoms with Gasteiger partial charge < -0.3 is 11.5 Å². The monoisotopic (exact) mass is 398 g/mol. The van der Waals surface area contributed by atoms with Crippen molar-refractivity contribution in [1.29, 1.82) is 0 Å². The summed E-state index contributed by atoms with van der Waals surface area (Å²) in [6.07, 6.45) is 0. The molecule has 0 unspecified atom stereocenters. The molecule has 4 heteroatoms. The van der Waals surface area contributed by atoms with Crippen LogP contribution in [0.25, 0.3) is 22.3 Å². The highest BCUT2D eigenvalue weighted by atomic mass is 32.2. The van der Waals surface area contributed by atoms with Crippen molar-refractivity contribution in [1.82, 2.24) is 0 Å². The summed E-state index contributed by atoms with van der Waals surface area (Å²) >= 11 is 3.54. The van der Waals surface area contributed by atoms with Gasteiger partial charge in [-0.3, -0.25) is 0 Å². The van der Waals surface area contributed by atoms with Crippen LogP contribution in [0.5, 0.6) is 0 Å². The van der Waals surface area contributed by atoms with Crippen molar-refractivity contribution in [2.45, 2.75) is 19.6 Å². The van der Waals surface area contributed by atoms with Crippen LogP contribution in [0.2, 0.25) is 0 Å². The van der Waals surface area contributed by atoms with Gasteiger partial charge in [0.25, 0.3) is 0 Å².